The van der Waals surface area contributed by atoms with Crippen LogP contribution in [0.3, 0.4) is 0 Å². The molecule has 96 valence electrons. The lowest BCUT2D eigenvalue weighted by molar-refractivity contribution is 1.20. The van der Waals surface area contributed by atoms with Crippen molar-refractivity contribution in [2.24, 2.45) is 0 Å². The molecule has 0 aliphatic rings. The summed E-state index contributed by atoms with van der Waals surface area (Å²) in [6.07, 6.45) is 0. The number of hydrogen-bond donors (Lipinski definition) is 0. The number of fused-ring (bicyclic) bond motifs is 1. The number of thiophene rings is 1. The minimum Gasteiger partial charge on any atom is -0.143 e. The Morgan fingerprint density at radius 3 is 2.37 bits per heavy atom. The van der Waals surface area contributed by atoms with Crippen molar-refractivity contribution in [1.29, 1.82) is 0 Å². The number of alkyl halides is 1. The van der Waals surface area contributed by atoms with Gasteiger partial charge in [0, 0.05) is 13.6 Å². The highest BCUT2D eigenvalue weighted by atomic mass is 79.9. The van der Waals surface area contributed by atoms with Gasteiger partial charge >= 0.3 is 0 Å². The van der Waals surface area contributed by atoms with Crippen LogP contribution in [0.2, 0.25) is 0 Å². The van der Waals surface area contributed by atoms with Crippen LogP contribution in [-0.2, 0) is 0 Å². The first kappa shape index (κ1) is 13.8. The average Bonchev–Trinajstić information content (AvgIpc) is 2.80. The highest BCUT2D eigenvalue weighted by Crippen LogP contribution is 2.40. The summed E-state index contributed by atoms with van der Waals surface area (Å²) >= 11 is 12.7. The Hall–Kier alpha value is -0.160. The Kier molecular flexibility index (Phi) is 4.13. The summed E-state index contributed by atoms with van der Waals surface area (Å²) in [5.74, 6) is 0. The molecule has 0 aliphatic heterocycles. The molecule has 0 aliphatic carbocycles. The lowest BCUT2D eigenvalue weighted by Crippen LogP contribution is -1.91. The predicted molar refractivity (Wildman–Crippen MR) is 94.4 cm³/mol. The van der Waals surface area contributed by atoms with E-state index in [4.69, 9.17) is 0 Å². The molecule has 1 unspecified atom stereocenters. The van der Waals surface area contributed by atoms with Gasteiger partial charge < -0.3 is 0 Å². The van der Waals surface area contributed by atoms with Crippen LogP contribution in [0.1, 0.15) is 16.0 Å². The summed E-state index contributed by atoms with van der Waals surface area (Å²) in [7, 11) is 0. The van der Waals surface area contributed by atoms with Gasteiger partial charge in [-0.05, 0) is 46.2 Å². The third-order valence-electron chi connectivity index (χ3n) is 2.96. The molecule has 0 saturated carbocycles. The maximum atomic E-state index is 3.83. The molecule has 3 rings (SSSR count). The van der Waals surface area contributed by atoms with Crippen molar-refractivity contribution >= 4 is 69.2 Å². The largest absolute Gasteiger partial charge is 0.143 e. The summed E-state index contributed by atoms with van der Waals surface area (Å²) in [4.78, 5) is 0.206. The van der Waals surface area contributed by atoms with Gasteiger partial charge in [-0.1, -0.05) is 66.0 Å². The Balaban J connectivity index is 2.10. The smallest absolute Gasteiger partial charge is 0.0659 e. The quantitative estimate of drug-likeness (QED) is 0.364. The first-order valence-electron chi connectivity index (χ1n) is 5.71. The Morgan fingerprint density at radius 2 is 1.63 bits per heavy atom. The highest BCUT2D eigenvalue weighted by Gasteiger charge is 2.15. The van der Waals surface area contributed by atoms with E-state index in [2.05, 4.69) is 95.6 Å². The van der Waals surface area contributed by atoms with Gasteiger partial charge in [0.2, 0.25) is 0 Å². The fourth-order valence-electron chi connectivity index (χ4n) is 2.10. The molecular formula is C15H9Br3S. The van der Waals surface area contributed by atoms with Crippen LogP contribution in [0.4, 0.5) is 0 Å². The Labute approximate surface area is 141 Å². The van der Waals surface area contributed by atoms with Gasteiger partial charge in [-0.3, -0.25) is 0 Å². The van der Waals surface area contributed by atoms with Crippen LogP contribution >= 0.6 is 59.1 Å². The summed E-state index contributed by atoms with van der Waals surface area (Å²) in [5, 5.41) is 3.56. The van der Waals surface area contributed by atoms with E-state index in [0.717, 1.165) is 8.95 Å². The Morgan fingerprint density at radius 1 is 0.947 bits per heavy atom. The molecule has 19 heavy (non-hydrogen) atoms. The van der Waals surface area contributed by atoms with E-state index in [1.807, 2.05) is 0 Å². The first-order valence-corrected chi connectivity index (χ1v) is 9.09. The molecular weight excluding hydrogens is 452 g/mol. The first-order chi connectivity index (χ1) is 9.15. The molecule has 1 atom stereocenters. The van der Waals surface area contributed by atoms with Crippen molar-refractivity contribution in [2.75, 3.05) is 0 Å². The fourth-order valence-corrected chi connectivity index (χ4v) is 5.23. The van der Waals surface area contributed by atoms with Gasteiger partial charge in [-0.15, -0.1) is 11.3 Å². The molecule has 0 radical (unpaired) electrons. The maximum absolute atomic E-state index is 3.83. The normalized spacial score (nSPS) is 12.8. The molecule has 3 aromatic rings. The van der Waals surface area contributed by atoms with E-state index in [-0.39, 0.29) is 4.83 Å². The lowest BCUT2D eigenvalue weighted by atomic mass is 10.0. The van der Waals surface area contributed by atoms with Crippen molar-refractivity contribution in [3.8, 4) is 0 Å². The van der Waals surface area contributed by atoms with E-state index in [1.54, 1.807) is 11.3 Å². The van der Waals surface area contributed by atoms with Gasteiger partial charge in [0.1, 0.15) is 0 Å². The maximum Gasteiger partial charge on any atom is 0.0659 e. The number of halogens is 3. The topological polar surface area (TPSA) is 0 Å². The molecule has 1 heterocycles. The fraction of sp³-hybridized carbons (Fsp3) is 0.0667. The highest BCUT2D eigenvalue weighted by molar-refractivity contribution is 9.11. The second-order valence-corrected chi connectivity index (χ2v) is 7.91. The average molecular weight is 461 g/mol. The van der Waals surface area contributed by atoms with E-state index in [9.17, 15) is 0 Å². The lowest BCUT2D eigenvalue weighted by Gasteiger charge is -2.11. The zero-order chi connectivity index (χ0) is 13.4. The molecule has 0 nitrogen and oxygen atoms in total. The number of benzene rings is 2. The van der Waals surface area contributed by atoms with Crippen LogP contribution in [0.5, 0.6) is 0 Å². The number of rotatable bonds is 2. The molecule has 0 bridgehead atoms. The van der Waals surface area contributed by atoms with Gasteiger partial charge in [-0.25, -0.2) is 0 Å². The van der Waals surface area contributed by atoms with Gasteiger partial charge in [0.05, 0.1) is 4.83 Å². The van der Waals surface area contributed by atoms with Gasteiger partial charge in [0.15, 0.2) is 0 Å². The molecule has 0 saturated heterocycles. The van der Waals surface area contributed by atoms with Crippen LogP contribution in [0.15, 0.2) is 56.8 Å². The van der Waals surface area contributed by atoms with E-state index in [1.165, 1.54) is 21.2 Å². The molecule has 0 fully saturated rings. The summed E-state index contributed by atoms with van der Waals surface area (Å²) < 4.78 is 3.50. The minimum atomic E-state index is 0.206. The second-order valence-electron chi connectivity index (χ2n) is 4.25. The SMILES string of the molecule is Brc1cc(Br)cc(C(Br)c2csc3ccccc23)c1. The Bertz CT molecular complexity index is 713. The molecule has 4 heteroatoms. The van der Waals surface area contributed by atoms with Crippen LogP contribution in [0.25, 0.3) is 10.1 Å². The third kappa shape index (κ3) is 2.82. The standard InChI is InChI=1S/C15H9Br3S/c16-10-5-9(6-11(17)7-10)15(18)13-8-19-14-4-2-1-3-12(13)14/h1-8,15H. The third-order valence-corrected chi connectivity index (χ3v) is 5.88. The van der Waals surface area contributed by atoms with Gasteiger partial charge in [-0.2, -0.15) is 0 Å². The van der Waals surface area contributed by atoms with Crippen LogP contribution in [-0.4, -0.2) is 0 Å². The summed E-state index contributed by atoms with van der Waals surface area (Å²) in [6, 6.07) is 14.9. The van der Waals surface area contributed by atoms with Crippen molar-refractivity contribution < 1.29 is 0 Å². The minimum absolute atomic E-state index is 0.206. The molecule has 0 spiro atoms. The summed E-state index contributed by atoms with van der Waals surface area (Å²) in [6.45, 7) is 0. The van der Waals surface area contributed by atoms with E-state index in [0.29, 0.717) is 0 Å². The number of hydrogen-bond acceptors (Lipinski definition) is 1. The van der Waals surface area contributed by atoms with Crippen LogP contribution in [0, 0.1) is 0 Å². The zero-order valence-corrected chi connectivity index (χ0v) is 15.3. The monoisotopic (exact) mass is 458 g/mol. The molecule has 1 aromatic heterocycles. The van der Waals surface area contributed by atoms with Gasteiger partial charge in [0.25, 0.3) is 0 Å². The van der Waals surface area contributed by atoms with E-state index < -0.39 is 0 Å². The molecule has 0 amide bonds. The predicted octanol–water partition coefficient (Wildman–Crippen LogP) is 6.91. The van der Waals surface area contributed by atoms with Crippen molar-refractivity contribution in [3.05, 3.63) is 67.9 Å². The van der Waals surface area contributed by atoms with Crippen molar-refractivity contribution in [2.45, 2.75) is 4.83 Å². The second kappa shape index (κ2) is 5.68. The van der Waals surface area contributed by atoms with Crippen LogP contribution < -0.4 is 0 Å². The molecule has 2 aromatic carbocycles. The van der Waals surface area contributed by atoms with Crippen molar-refractivity contribution in [1.82, 2.24) is 0 Å². The molecule has 0 N–H and O–H groups in total. The zero-order valence-electron chi connectivity index (χ0n) is 9.74. The van der Waals surface area contributed by atoms with E-state index >= 15 is 0 Å². The summed E-state index contributed by atoms with van der Waals surface area (Å²) in [5.41, 5.74) is 2.57. The van der Waals surface area contributed by atoms with Crippen molar-refractivity contribution in [3.63, 3.8) is 0 Å².